The van der Waals surface area contributed by atoms with Gasteiger partial charge in [0.05, 0.1) is 21.8 Å². The second kappa shape index (κ2) is 6.17. The van der Waals surface area contributed by atoms with Gasteiger partial charge in [-0.05, 0) is 33.7 Å². The summed E-state index contributed by atoms with van der Waals surface area (Å²) in [6.45, 7) is 0. The molecule has 32 heavy (non-hydrogen) atoms. The molecule has 1 heterocycles. The molecule has 0 saturated carbocycles. The predicted octanol–water partition coefficient (Wildman–Crippen LogP) is 5.74. The first-order valence-electron chi connectivity index (χ1n) is 10.9. The Bertz CT molecular complexity index is 1420. The minimum absolute atomic E-state index is 0.103. The van der Waals surface area contributed by atoms with E-state index in [1.165, 1.54) is 4.90 Å². The first-order valence-corrected chi connectivity index (χ1v) is 11.6. The van der Waals surface area contributed by atoms with Gasteiger partial charge in [-0.15, -0.1) is 0 Å². The molecule has 0 N–H and O–H groups in total. The lowest BCUT2D eigenvalue weighted by Crippen LogP contribution is -2.50. The molecular weight excluding hydrogens is 462 g/mol. The Balaban J connectivity index is 1.50. The minimum atomic E-state index is -0.717. The van der Waals surface area contributed by atoms with Crippen molar-refractivity contribution >= 4 is 44.2 Å². The number of amides is 2. The van der Waals surface area contributed by atoms with Gasteiger partial charge in [0.2, 0.25) is 11.8 Å². The molecule has 0 radical (unpaired) electrons. The number of rotatable bonds is 1. The normalized spacial score (nSPS) is 27.4. The third kappa shape index (κ3) is 2.02. The SMILES string of the molecule is O=C1[C@@H]2C3c4ccccc4C(Br)(c4ccccc43)[C@H]2C(=O)N1c1cccc2ccccc12. The van der Waals surface area contributed by atoms with Crippen LogP contribution in [0.1, 0.15) is 28.2 Å². The van der Waals surface area contributed by atoms with Crippen LogP contribution < -0.4 is 4.90 Å². The highest BCUT2D eigenvalue weighted by molar-refractivity contribution is 9.09. The highest BCUT2D eigenvalue weighted by atomic mass is 79.9. The van der Waals surface area contributed by atoms with Crippen molar-refractivity contribution < 1.29 is 9.59 Å². The maximum absolute atomic E-state index is 14.1. The van der Waals surface area contributed by atoms with Gasteiger partial charge in [0, 0.05) is 11.3 Å². The number of hydrogen-bond donors (Lipinski definition) is 0. The van der Waals surface area contributed by atoms with Crippen molar-refractivity contribution in [1.29, 1.82) is 0 Å². The maximum Gasteiger partial charge on any atom is 0.239 e. The van der Waals surface area contributed by atoms with Crippen LogP contribution in [0.25, 0.3) is 10.8 Å². The van der Waals surface area contributed by atoms with Crippen molar-refractivity contribution in [2.24, 2.45) is 11.8 Å². The standard InChI is InChI=1S/C28H18BrNO2/c29-28-20-13-5-3-11-18(20)23(19-12-4-6-14-21(19)28)24-25(28)27(32)30(26(24)31)22-15-7-9-16-8-1-2-10-17(16)22/h1-15,23-25H/t23?,24-,25-,28?/m1/s1. The van der Waals surface area contributed by atoms with Gasteiger partial charge in [0.1, 0.15) is 0 Å². The zero-order chi connectivity index (χ0) is 21.6. The van der Waals surface area contributed by atoms with Crippen LogP contribution in [0.15, 0.2) is 91.0 Å². The summed E-state index contributed by atoms with van der Waals surface area (Å²) < 4.78 is -0.717. The van der Waals surface area contributed by atoms with E-state index >= 15 is 0 Å². The Labute approximate surface area is 193 Å². The second-order valence-corrected chi connectivity index (χ2v) is 10.1. The van der Waals surface area contributed by atoms with Crippen molar-refractivity contribution in [3.63, 3.8) is 0 Å². The highest BCUT2D eigenvalue weighted by Gasteiger charge is 2.67. The summed E-state index contributed by atoms with van der Waals surface area (Å²) in [7, 11) is 0. The fourth-order valence-electron chi connectivity index (χ4n) is 6.32. The van der Waals surface area contributed by atoms with Crippen LogP contribution in [-0.4, -0.2) is 11.8 Å². The molecule has 1 fully saturated rings. The van der Waals surface area contributed by atoms with E-state index in [0.717, 1.165) is 33.0 Å². The summed E-state index contributed by atoms with van der Waals surface area (Å²) in [5, 5.41) is 1.94. The zero-order valence-corrected chi connectivity index (χ0v) is 18.6. The summed E-state index contributed by atoms with van der Waals surface area (Å²) >= 11 is 4.06. The van der Waals surface area contributed by atoms with Crippen LogP contribution in [0.3, 0.4) is 0 Å². The van der Waals surface area contributed by atoms with Gasteiger partial charge in [0.25, 0.3) is 0 Å². The lowest BCUT2D eigenvalue weighted by molar-refractivity contribution is -0.122. The van der Waals surface area contributed by atoms with Crippen LogP contribution in [-0.2, 0) is 13.9 Å². The van der Waals surface area contributed by atoms with E-state index in [4.69, 9.17) is 0 Å². The molecule has 1 aliphatic heterocycles. The number of carbonyl (C=O) groups is 2. The van der Waals surface area contributed by atoms with Gasteiger partial charge in [0.15, 0.2) is 0 Å². The predicted molar refractivity (Wildman–Crippen MR) is 128 cm³/mol. The summed E-state index contributed by atoms with van der Waals surface area (Å²) in [5.74, 6) is -1.26. The van der Waals surface area contributed by atoms with Crippen LogP contribution in [0.2, 0.25) is 0 Å². The Morgan fingerprint density at radius 2 is 1.28 bits per heavy atom. The Kier molecular flexibility index (Phi) is 3.54. The molecule has 8 rings (SSSR count). The largest absolute Gasteiger partial charge is 0.274 e. The van der Waals surface area contributed by atoms with Gasteiger partial charge in [-0.2, -0.15) is 0 Å². The van der Waals surface area contributed by atoms with Crippen molar-refractivity contribution in [1.82, 2.24) is 0 Å². The summed E-state index contributed by atoms with van der Waals surface area (Å²) in [4.78, 5) is 29.6. The number of imide groups is 1. The molecule has 2 atom stereocenters. The third-order valence-electron chi connectivity index (χ3n) is 7.52. The molecule has 4 aromatic rings. The monoisotopic (exact) mass is 479 g/mol. The smallest absolute Gasteiger partial charge is 0.239 e. The van der Waals surface area contributed by atoms with Crippen LogP contribution in [0.4, 0.5) is 5.69 Å². The van der Waals surface area contributed by atoms with Gasteiger partial charge < -0.3 is 0 Å². The number of nitrogens with zero attached hydrogens (tertiary/aromatic N) is 1. The maximum atomic E-state index is 14.1. The van der Waals surface area contributed by atoms with Gasteiger partial charge in [-0.1, -0.05) is 101 Å². The topological polar surface area (TPSA) is 37.4 Å². The minimum Gasteiger partial charge on any atom is -0.274 e. The van der Waals surface area contributed by atoms with E-state index in [-0.39, 0.29) is 17.7 Å². The summed E-state index contributed by atoms with van der Waals surface area (Å²) in [6, 6.07) is 30.2. The first kappa shape index (κ1) is 18.3. The quantitative estimate of drug-likeness (QED) is 0.257. The fraction of sp³-hybridized carbons (Fsp3) is 0.143. The molecule has 0 aromatic heterocycles. The molecule has 154 valence electrons. The number of hydrogen-bond acceptors (Lipinski definition) is 2. The average molecular weight is 480 g/mol. The number of fused-ring (bicyclic) bond motifs is 1. The van der Waals surface area contributed by atoms with Gasteiger partial charge in [-0.3, -0.25) is 9.59 Å². The number of carbonyl (C=O) groups excluding carboxylic acids is 2. The molecule has 4 aliphatic rings. The van der Waals surface area contributed by atoms with Crippen molar-refractivity contribution in [2.45, 2.75) is 10.2 Å². The lowest BCUT2D eigenvalue weighted by atomic mass is 9.55. The van der Waals surface area contributed by atoms with Crippen LogP contribution in [0.5, 0.6) is 0 Å². The third-order valence-corrected chi connectivity index (χ3v) is 8.87. The molecule has 2 amide bonds. The highest BCUT2D eigenvalue weighted by Crippen LogP contribution is 2.66. The number of anilines is 1. The average Bonchev–Trinajstić information content (AvgIpc) is 3.10. The molecule has 2 bridgehead atoms. The lowest BCUT2D eigenvalue weighted by Gasteiger charge is -2.51. The van der Waals surface area contributed by atoms with Crippen LogP contribution >= 0.6 is 15.9 Å². The number of halogens is 1. The van der Waals surface area contributed by atoms with E-state index in [0.29, 0.717) is 5.69 Å². The Morgan fingerprint density at radius 3 is 2.00 bits per heavy atom. The molecule has 0 spiro atoms. The molecule has 1 saturated heterocycles. The van der Waals surface area contributed by atoms with Gasteiger partial charge >= 0.3 is 0 Å². The van der Waals surface area contributed by atoms with E-state index < -0.39 is 16.2 Å². The first-order chi connectivity index (χ1) is 15.6. The van der Waals surface area contributed by atoms with E-state index in [9.17, 15) is 9.59 Å². The number of alkyl halides is 1. The Morgan fingerprint density at radius 1 is 0.688 bits per heavy atom. The molecule has 4 aromatic carbocycles. The number of benzene rings is 4. The Hall–Kier alpha value is -3.24. The van der Waals surface area contributed by atoms with Crippen molar-refractivity contribution in [3.05, 3.63) is 113 Å². The summed E-state index contributed by atoms with van der Waals surface area (Å²) in [5.41, 5.74) is 5.17. The van der Waals surface area contributed by atoms with E-state index in [1.807, 2.05) is 66.7 Å². The molecule has 3 nitrogen and oxygen atoms in total. The molecule has 4 heteroatoms. The molecule has 3 aliphatic carbocycles. The second-order valence-electron chi connectivity index (χ2n) is 8.88. The molecular formula is C28H18BrNO2. The molecule has 0 unspecified atom stereocenters. The van der Waals surface area contributed by atoms with Crippen molar-refractivity contribution in [2.75, 3.05) is 4.90 Å². The van der Waals surface area contributed by atoms with Crippen LogP contribution in [0, 0.1) is 11.8 Å². The fourth-order valence-corrected chi connectivity index (χ4v) is 7.52. The van der Waals surface area contributed by atoms with Gasteiger partial charge in [-0.25, -0.2) is 4.90 Å². The summed E-state index contributed by atoms with van der Waals surface area (Å²) in [6.07, 6.45) is 0. The van der Waals surface area contributed by atoms with E-state index in [1.54, 1.807) is 0 Å². The van der Waals surface area contributed by atoms with E-state index in [2.05, 4.69) is 40.2 Å². The van der Waals surface area contributed by atoms with Crippen molar-refractivity contribution in [3.8, 4) is 0 Å². The zero-order valence-electron chi connectivity index (χ0n) is 17.0.